The van der Waals surface area contributed by atoms with Crippen LogP contribution in [0, 0.1) is 16.7 Å². The van der Waals surface area contributed by atoms with E-state index in [2.05, 4.69) is 20.7 Å². The van der Waals surface area contributed by atoms with Gasteiger partial charge in [0.05, 0.1) is 0 Å². The van der Waals surface area contributed by atoms with Crippen molar-refractivity contribution in [1.29, 1.82) is 5.26 Å². The Bertz CT molecular complexity index is 1200. The molecule has 0 bridgehead atoms. The van der Waals surface area contributed by atoms with Crippen LogP contribution in [0.2, 0.25) is 0 Å². The summed E-state index contributed by atoms with van der Waals surface area (Å²) in [4.78, 5) is 50.2. The van der Waals surface area contributed by atoms with Gasteiger partial charge in [-0.05, 0) is 25.2 Å². The number of piperazine rings is 1. The van der Waals surface area contributed by atoms with Gasteiger partial charge in [-0.2, -0.15) is 5.26 Å². The Morgan fingerprint density at radius 3 is 2.66 bits per heavy atom. The molecule has 1 unspecified atom stereocenters. The number of urea groups is 1. The first-order chi connectivity index (χ1) is 16.4. The van der Waals surface area contributed by atoms with E-state index < -0.39 is 11.6 Å². The first-order valence-electron chi connectivity index (χ1n) is 11.6. The van der Waals surface area contributed by atoms with Crippen LogP contribution in [0.3, 0.4) is 0 Å². The number of nitrogens with one attached hydrogen (secondary N) is 2. The van der Waals surface area contributed by atoms with Crippen molar-refractivity contribution in [3.63, 3.8) is 0 Å². The van der Waals surface area contributed by atoms with Crippen molar-refractivity contribution >= 4 is 29.4 Å². The second kappa shape index (κ2) is 8.72. The second-order valence-electron chi connectivity index (χ2n) is 10.4. The first kappa shape index (κ1) is 24.3. The number of nitriles is 1. The maximum absolute atomic E-state index is 13.3. The van der Waals surface area contributed by atoms with Crippen LogP contribution in [0.15, 0.2) is 18.5 Å². The highest BCUT2D eigenvalue weighted by molar-refractivity contribution is 5.99. The number of carbonyl (C=O) groups is 3. The number of amides is 4. The minimum Gasteiger partial charge on any atom is -0.343 e. The molecular formula is C23H31N9O3. The molecule has 2 fully saturated rings. The fraction of sp³-hybridized carbons (Fsp3) is 0.565. The molecule has 2 aliphatic heterocycles. The van der Waals surface area contributed by atoms with Crippen molar-refractivity contribution < 1.29 is 14.4 Å². The molecule has 4 heterocycles. The summed E-state index contributed by atoms with van der Waals surface area (Å²) < 4.78 is 1.71. The molecule has 0 aromatic carbocycles. The Labute approximate surface area is 203 Å². The molecule has 2 aromatic rings. The summed E-state index contributed by atoms with van der Waals surface area (Å²) in [5, 5.41) is 13.9. The molecular weight excluding hydrogens is 450 g/mol. The summed E-state index contributed by atoms with van der Waals surface area (Å²) in [5.74, 6) is 0.614. The summed E-state index contributed by atoms with van der Waals surface area (Å²) in [6, 6.07) is 2.78. The van der Waals surface area contributed by atoms with E-state index in [0.29, 0.717) is 44.1 Å². The van der Waals surface area contributed by atoms with Crippen molar-refractivity contribution in [3.8, 4) is 6.07 Å². The van der Waals surface area contributed by atoms with E-state index in [9.17, 15) is 19.6 Å². The van der Waals surface area contributed by atoms with Crippen molar-refractivity contribution in [2.45, 2.75) is 52.1 Å². The Balaban J connectivity index is 1.55. The van der Waals surface area contributed by atoms with Gasteiger partial charge >= 0.3 is 6.03 Å². The third-order valence-electron chi connectivity index (χ3n) is 6.60. The zero-order chi connectivity index (χ0) is 25.5. The van der Waals surface area contributed by atoms with Crippen LogP contribution >= 0.6 is 0 Å². The van der Waals surface area contributed by atoms with Crippen molar-refractivity contribution in [2.75, 3.05) is 31.7 Å². The Kier molecular flexibility index (Phi) is 6.04. The van der Waals surface area contributed by atoms with Gasteiger partial charge in [0.1, 0.15) is 29.2 Å². The molecule has 0 saturated carbocycles. The van der Waals surface area contributed by atoms with E-state index in [0.717, 1.165) is 0 Å². The average Bonchev–Trinajstić information content (AvgIpc) is 3.28. The van der Waals surface area contributed by atoms with Crippen molar-refractivity contribution in [2.24, 2.45) is 5.41 Å². The quantitative estimate of drug-likeness (QED) is 0.621. The van der Waals surface area contributed by atoms with Gasteiger partial charge in [-0.3, -0.25) is 19.0 Å². The van der Waals surface area contributed by atoms with E-state index in [4.69, 9.17) is 0 Å². The number of nitrogens with zero attached hydrogens (tertiary/aromatic N) is 7. The highest BCUT2D eigenvalue weighted by atomic mass is 16.2. The number of rotatable bonds is 3. The fourth-order valence-electron chi connectivity index (χ4n) is 4.68. The van der Waals surface area contributed by atoms with Gasteiger partial charge in [0, 0.05) is 45.1 Å². The first-order valence-corrected chi connectivity index (χ1v) is 11.6. The SMILES string of the molecule is CC1NC(=O)C2(CCN(C(=O)NN(CC(C)(C)C)c3cc(C#N)nc4nccn34)CC2)N(C)C1=O. The monoisotopic (exact) mass is 481 g/mol. The van der Waals surface area contributed by atoms with E-state index in [1.807, 2.05) is 26.8 Å². The van der Waals surface area contributed by atoms with Crippen LogP contribution in [0.4, 0.5) is 10.6 Å². The molecule has 186 valence electrons. The topological polar surface area (TPSA) is 139 Å². The molecule has 1 spiro atoms. The molecule has 2 saturated heterocycles. The minimum atomic E-state index is -0.943. The van der Waals surface area contributed by atoms with Gasteiger partial charge in [0.15, 0.2) is 0 Å². The molecule has 2 aliphatic rings. The smallest absolute Gasteiger partial charge is 0.336 e. The fourth-order valence-corrected chi connectivity index (χ4v) is 4.68. The number of piperidine rings is 1. The van der Waals surface area contributed by atoms with Crippen LogP contribution in [-0.4, -0.2) is 80.3 Å². The molecule has 12 heteroatoms. The molecule has 12 nitrogen and oxygen atoms in total. The van der Waals surface area contributed by atoms with E-state index >= 15 is 0 Å². The minimum absolute atomic E-state index is 0.130. The number of hydrogen-bond donors (Lipinski definition) is 2. The molecule has 35 heavy (non-hydrogen) atoms. The van der Waals surface area contributed by atoms with Crippen LogP contribution in [0.5, 0.6) is 0 Å². The molecule has 2 aromatic heterocycles. The summed E-state index contributed by atoms with van der Waals surface area (Å²) in [6.45, 7) is 8.89. The summed E-state index contributed by atoms with van der Waals surface area (Å²) >= 11 is 0. The number of likely N-dealkylation sites (tertiary alicyclic amines) is 1. The lowest BCUT2D eigenvalue weighted by Crippen LogP contribution is -2.71. The highest BCUT2D eigenvalue weighted by Crippen LogP contribution is 2.32. The van der Waals surface area contributed by atoms with Gasteiger partial charge in [0.25, 0.3) is 0 Å². The molecule has 0 aliphatic carbocycles. The summed E-state index contributed by atoms with van der Waals surface area (Å²) in [5.41, 5.74) is 2.03. The Hall–Kier alpha value is -3.88. The van der Waals surface area contributed by atoms with Gasteiger partial charge in [0.2, 0.25) is 17.6 Å². The van der Waals surface area contributed by atoms with E-state index in [-0.39, 0.29) is 29.0 Å². The normalized spacial score (nSPS) is 20.1. The van der Waals surface area contributed by atoms with Gasteiger partial charge < -0.3 is 15.1 Å². The van der Waals surface area contributed by atoms with Gasteiger partial charge in [-0.1, -0.05) is 20.8 Å². The Morgan fingerprint density at radius 2 is 2.03 bits per heavy atom. The number of likely N-dealkylation sites (N-methyl/N-ethyl adjacent to an activating group) is 1. The predicted octanol–water partition coefficient (Wildman–Crippen LogP) is 0.889. The van der Waals surface area contributed by atoms with Crippen LogP contribution in [-0.2, 0) is 9.59 Å². The molecule has 0 radical (unpaired) electrons. The molecule has 4 rings (SSSR count). The number of carbonyl (C=O) groups excluding carboxylic acids is 3. The van der Waals surface area contributed by atoms with E-state index in [1.165, 1.54) is 4.90 Å². The number of hydrazine groups is 1. The maximum Gasteiger partial charge on any atom is 0.336 e. The standard InChI is InChI=1S/C23H31N9O3/c1-15-18(33)29(5)23(19(34)26-15)6-9-30(10-7-23)21(35)28-32(14-22(2,3)4)17-12-16(13-24)27-20-25-8-11-31(17)20/h8,11-12,15H,6-7,9-10,14H2,1-5H3,(H,26,34)(H,28,35). The zero-order valence-corrected chi connectivity index (χ0v) is 20.7. The second-order valence-corrected chi connectivity index (χ2v) is 10.4. The lowest BCUT2D eigenvalue weighted by Gasteiger charge is -2.49. The van der Waals surface area contributed by atoms with Gasteiger partial charge in [-0.15, -0.1) is 0 Å². The van der Waals surface area contributed by atoms with Crippen molar-refractivity contribution in [1.82, 2.24) is 34.9 Å². The number of hydrogen-bond acceptors (Lipinski definition) is 7. The lowest BCUT2D eigenvalue weighted by atomic mass is 9.82. The molecule has 2 N–H and O–H groups in total. The highest BCUT2D eigenvalue weighted by Gasteiger charge is 2.51. The molecule has 4 amide bonds. The van der Waals surface area contributed by atoms with Crippen LogP contribution in [0.25, 0.3) is 5.78 Å². The lowest BCUT2D eigenvalue weighted by molar-refractivity contribution is -0.157. The van der Waals surface area contributed by atoms with E-state index in [1.54, 1.807) is 46.7 Å². The maximum atomic E-state index is 13.3. The third kappa shape index (κ3) is 4.45. The predicted molar refractivity (Wildman–Crippen MR) is 127 cm³/mol. The number of imidazole rings is 1. The third-order valence-corrected chi connectivity index (χ3v) is 6.60. The summed E-state index contributed by atoms with van der Waals surface area (Å²) in [7, 11) is 1.66. The zero-order valence-electron chi connectivity index (χ0n) is 20.7. The largest absolute Gasteiger partial charge is 0.343 e. The Morgan fingerprint density at radius 1 is 1.34 bits per heavy atom. The number of anilines is 1. The molecule has 1 atom stereocenters. The van der Waals surface area contributed by atoms with Crippen LogP contribution in [0.1, 0.15) is 46.2 Å². The summed E-state index contributed by atoms with van der Waals surface area (Å²) in [6.07, 6.45) is 4.00. The number of fused-ring (bicyclic) bond motifs is 1. The van der Waals surface area contributed by atoms with Crippen molar-refractivity contribution in [3.05, 3.63) is 24.2 Å². The average molecular weight is 482 g/mol. The number of aromatic nitrogens is 3. The van der Waals surface area contributed by atoms with Crippen LogP contribution < -0.4 is 15.8 Å². The van der Waals surface area contributed by atoms with Gasteiger partial charge in [-0.25, -0.2) is 20.2 Å².